The number of carbonyl (C=O) groups excluding carboxylic acids is 1. The molecular formula is C12H10N4O2. The van der Waals surface area contributed by atoms with E-state index in [0.717, 1.165) is 0 Å². The van der Waals surface area contributed by atoms with E-state index < -0.39 is 0 Å². The Morgan fingerprint density at radius 1 is 1.56 bits per heavy atom. The van der Waals surface area contributed by atoms with Crippen molar-refractivity contribution >= 4 is 6.29 Å². The Bertz CT molecular complexity index is 613. The number of hydrogen-bond donors (Lipinski definition) is 0. The molecule has 6 heteroatoms. The fourth-order valence-corrected chi connectivity index (χ4v) is 1.43. The van der Waals surface area contributed by atoms with Gasteiger partial charge in [0.15, 0.2) is 12.1 Å². The van der Waals surface area contributed by atoms with Gasteiger partial charge in [-0.2, -0.15) is 10.4 Å². The monoisotopic (exact) mass is 242 g/mol. The van der Waals surface area contributed by atoms with Crippen LogP contribution in [-0.2, 0) is 0 Å². The number of pyridine rings is 1. The Balaban J connectivity index is 2.43. The zero-order valence-electron chi connectivity index (χ0n) is 9.70. The summed E-state index contributed by atoms with van der Waals surface area (Å²) < 4.78 is 6.80. The van der Waals surface area contributed by atoms with Gasteiger partial charge in [0, 0.05) is 12.3 Å². The van der Waals surface area contributed by atoms with Crippen molar-refractivity contribution in [2.45, 2.75) is 6.92 Å². The standard InChI is InChI=1S/C12H10N4O2/c1-2-18-11-3-12(14-6-10(11)4-13)16-7-9(8-17)5-15-16/h3,5-8H,2H2,1H3. The van der Waals surface area contributed by atoms with Crippen LogP contribution in [0.5, 0.6) is 5.75 Å². The first-order chi connectivity index (χ1) is 8.78. The normalized spacial score (nSPS) is 9.78. The third-order valence-electron chi connectivity index (χ3n) is 2.25. The van der Waals surface area contributed by atoms with Crippen molar-refractivity contribution in [3.05, 3.63) is 35.8 Å². The maximum Gasteiger partial charge on any atom is 0.157 e. The zero-order valence-corrected chi connectivity index (χ0v) is 9.70. The Labute approximate surface area is 103 Å². The van der Waals surface area contributed by atoms with Gasteiger partial charge in [-0.15, -0.1) is 0 Å². The summed E-state index contributed by atoms with van der Waals surface area (Å²) in [6.07, 6.45) is 5.11. The van der Waals surface area contributed by atoms with Gasteiger partial charge in [-0.25, -0.2) is 9.67 Å². The minimum Gasteiger partial charge on any atom is -0.492 e. The van der Waals surface area contributed by atoms with Crippen LogP contribution in [0.3, 0.4) is 0 Å². The molecule has 0 radical (unpaired) electrons. The fourth-order valence-electron chi connectivity index (χ4n) is 1.43. The fraction of sp³-hybridized carbons (Fsp3) is 0.167. The average Bonchev–Trinajstić information content (AvgIpc) is 2.88. The molecule has 2 rings (SSSR count). The predicted octanol–water partition coefficient (Wildman–Crippen LogP) is 1.35. The molecule has 0 aromatic carbocycles. The summed E-state index contributed by atoms with van der Waals surface area (Å²) in [6.45, 7) is 2.29. The lowest BCUT2D eigenvalue weighted by Crippen LogP contribution is -2.01. The van der Waals surface area contributed by atoms with Crippen molar-refractivity contribution in [3.63, 3.8) is 0 Å². The molecule has 0 unspecified atom stereocenters. The van der Waals surface area contributed by atoms with E-state index in [4.69, 9.17) is 10.00 Å². The Kier molecular flexibility index (Phi) is 3.34. The van der Waals surface area contributed by atoms with Crippen LogP contribution in [0.25, 0.3) is 5.82 Å². The molecule has 2 aromatic heterocycles. The van der Waals surface area contributed by atoms with Gasteiger partial charge >= 0.3 is 0 Å². The molecule has 2 heterocycles. The van der Waals surface area contributed by atoms with Crippen molar-refractivity contribution in [2.75, 3.05) is 6.61 Å². The minimum absolute atomic E-state index is 0.364. The van der Waals surface area contributed by atoms with Gasteiger partial charge in [0.25, 0.3) is 0 Å². The van der Waals surface area contributed by atoms with Crippen LogP contribution in [-0.4, -0.2) is 27.7 Å². The van der Waals surface area contributed by atoms with Gasteiger partial charge in [-0.3, -0.25) is 4.79 Å². The van der Waals surface area contributed by atoms with E-state index in [-0.39, 0.29) is 0 Å². The molecular weight excluding hydrogens is 232 g/mol. The van der Waals surface area contributed by atoms with E-state index >= 15 is 0 Å². The van der Waals surface area contributed by atoms with Crippen molar-refractivity contribution < 1.29 is 9.53 Å². The van der Waals surface area contributed by atoms with E-state index in [1.165, 1.54) is 17.1 Å². The Morgan fingerprint density at radius 3 is 3.00 bits per heavy atom. The highest BCUT2D eigenvalue weighted by molar-refractivity contribution is 5.73. The molecule has 0 amide bonds. The highest BCUT2D eigenvalue weighted by Gasteiger charge is 2.08. The Hall–Kier alpha value is -2.68. The highest BCUT2D eigenvalue weighted by Crippen LogP contribution is 2.19. The molecule has 90 valence electrons. The average molecular weight is 242 g/mol. The molecule has 0 N–H and O–H groups in total. The summed E-state index contributed by atoms with van der Waals surface area (Å²) in [5, 5.41) is 12.9. The van der Waals surface area contributed by atoms with Crippen LogP contribution >= 0.6 is 0 Å². The number of carbonyl (C=O) groups is 1. The summed E-state index contributed by atoms with van der Waals surface area (Å²) in [4.78, 5) is 14.7. The highest BCUT2D eigenvalue weighted by atomic mass is 16.5. The molecule has 18 heavy (non-hydrogen) atoms. The summed E-state index contributed by atoms with van der Waals surface area (Å²) in [5.41, 5.74) is 0.822. The number of aldehydes is 1. The van der Waals surface area contributed by atoms with Gasteiger partial charge < -0.3 is 4.74 Å². The maximum absolute atomic E-state index is 10.6. The molecule has 0 saturated carbocycles. The number of nitriles is 1. The first kappa shape index (κ1) is 11.8. The summed E-state index contributed by atoms with van der Waals surface area (Å²) in [5.74, 6) is 0.943. The van der Waals surface area contributed by atoms with Crippen LogP contribution in [0.1, 0.15) is 22.8 Å². The predicted molar refractivity (Wildman–Crippen MR) is 62.6 cm³/mol. The molecule has 0 saturated heterocycles. The van der Waals surface area contributed by atoms with Crippen LogP contribution in [0.15, 0.2) is 24.7 Å². The molecule has 0 spiro atoms. The molecule has 0 aliphatic heterocycles. The second-order valence-corrected chi connectivity index (χ2v) is 3.42. The lowest BCUT2D eigenvalue weighted by Gasteiger charge is -2.07. The largest absolute Gasteiger partial charge is 0.492 e. The summed E-state index contributed by atoms with van der Waals surface area (Å²) in [6, 6.07) is 3.62. The third-order valence-corrected chi connectivity index (χ3v) is 2.25. The lowest BCUT2D eigenvalue weighted by atomic mass is 10.3. The maximum atomic E-state index is 10.6. The molecule has 6 nitrogen and oxygen atoms in total. The number of nitrogens with zero attached hydrogens (tertiary/aromatic N) is 4. The van der Waals surface area contributed by atoms with Crippen LogP contribution < -0.4 is 4.74 Å². The van der Waals surface area contributed by atoms with Crippen molar-refractivity contribution in [3.8, 4) is 17.6 Å². The number of rotatable bonds is 4. The topological polar surface area (TPSA) is 80.8 Å². The molecule has 0 fully saturated rings. The van der Waals surface area contributed by atoms with Gasteiger partial charge in [0.2, 0.25) is 0 Å². The zero-order chi connectivity index (χ0) is 13.0. The number of hydrogen-bond acceptors (Lipinski definition) is 5. The quantitative estimate of drug-likeness (QED) is 0.756. The second kappa shape index (κ2) is 5.10. The number of aromatic nitrogens is 3. The Morgan fingerprint density at radius 2 is 2.39 bits per heavy atom. The van der Waals surface area contributed by atoms with Crippen molar-refractivity contribution in [2.24, 2.45) is 0 Å². The van der Waals surface area contributed by atoms with E-state index in [1.54, 1.807) is 12.3 Å². The van der Waals surface area contributed by atoms with Crippen molar-refractivity contribution in [1.29, 1.82) is 5.26 Å². The van der Waals surface area contributed by atoms with E-state index in [0.29, 0.717) is 35.6 Å². The minimum atomic E-state index is 0.364. The number of ether oxygens (including phenoxy) is 1. The molecule has 0 atom stereocenters. The van der Waals surface area contributed by atoms with Gasteiger partial charge in [-0.05, 0) is 6.92 Å². The van der Waals surface area contributed by atoms with E-state index in [2.05, 4.69) is 10.1 Å². The summed E-state index contributed by atoms with van der Waals surface area (Å²) in [7, 11) is 0. The molecule has 0 aliphatic carbocycles. The SMILES string of the molecule is CCOc1cc(-n2cc(C=O)cn2)ncc1C#N. The lowest BCUT2D eigenvalue weighted by molar-refractivity contribution is 0.112. The second-order valence-electron chi connectivity index (χ2n) is 3.42. The smallest absolute Gasteiger partial charge is 0.157 e. The molecule has 2 aromatic rings. The van der Waals surface area contributed by atoms with Crippen LogP contribution in [0.2, 0.25) is 0 Å². The van der Waals surface area contributed by atoms with Gasteiger partial charge in [0.1, 0.15) is 17.4 Å². The summed E-state index contributed by atoms with van der Waals surface area (Å²) >= 11 is 0. The first-order valence-corrected chi connectivity index (χ1v) is 5.31. The first-order valence-electron chi connectivity index (χ1n) is 5.31. The van der Waals surface area contributed by atoms with Gasteiger partial charge in [0.05, 0.1) is 24.6 Å². The van der Waals surface area contributed by atoms with Crippen molar-refractivity contribution in [1.82, 2.24) is 14.8 Å². The van der Waals surface area contributed by atoms with E-state index in [1.807, 2.05) is 13.0 Å². The van der Waals surface area contributed by atoms with E-state index in [9.17, 15) is 4.79 Å². The molecule has 0 aliphatic rings. The van der Waals surface area contributed by atoms with Crippen LogP contribution in [0.4, 0.5) is 0 Å². The third kappa shape index (κ3) is 2.20. The van der Waals surface area contributed by atoms with Crippen LogP contribution in [0, 0.1) is 11.3 Å². The van der Waals surface area contributed by atoms with Gasteiger partial charge in [-0.1, -0.05) is 0 Å². The molecule has 0 bridgehead atoms.